The lowest BCUT2D eigenvalue weighted by molar-refractivity contribution is -0.168. The summed E-state index contributed by atoms with van der Waals surface area (Å²) in [6, 6.07) is 8.67. The number of aryl methyl sites for hydroxylation is 1. The second-order valence-electron chi connectivity index (χ2n) is 4.68. The molecule has 0 aromatic heterocycles. The lowest BCUT2D eigenvalue weighted by Crippen LogP contribution is -2.22. The lowest BCUT2D eigenvalue weighted by Gasteiger charge is -2.22. The maximum absolute atomic E-state index is 5.78. The lowest BCUT2D eigenvalue weighted by atomic mass is 10.1. The van der Waals surface area contributed by atoms with E-state index in [1.807, 2.05) is 0 Å². The molecule has 0 aliphatic carbocycles. The van der Waals surface area contributed by atoms with E-state index >= 15 is 0 Å². The first-order valence-corrected chi connectivity index (χ1v) is 6.69. The Balaban J connectivity index is 1.83. The van der Waals surface area contributed by atoms with E-state index in [0.717, 1.165) is 19.4 Å². The Morgan fingerprint density at radius 3 is 2.94 bits per heavy atom. The molecule has 0 amide bonds. The van der Waals surface area contributed by atoms with Gasteiger partial charge in [0.15, 0.2) is 6.29 Å². The van der Waals surface area contributed by atoms with Gasteiger partial charge in [0.1, 0.15) is 0 Å². The predicted molar refractivity (Wildman–Crippen MR) is 68.8 cm³/mol. The number of ether oxygens (including phenoxy) is 2. The molecule has 1 saturated heterocycles. The van der Waals surface area contributed by atoms with Gasteiger partial charge in [-0.3, -0.25) is 0 Å². The molecule has 0 radical (unpaired) electrons. The van der Waals surface area contributed by atoms with E-state index in [-0.39, 0.29) is 6.29 Å². The molecule has 94 valence electrons. The summed E-state index contributed by atoms with van der Waals surface area (Å²) in [5, 5.41) is 0. The van der Waals surface area contributed by atoms with E-state index in [0.29, 0.717) is 6.61 Å². The van der Waals surface area contributed by atoms with E-state index in [2.05, 4.69) is 31.2 Å². The van der Waals surface area contributed by atoms with Crippen LogP contribution in [-0.2, 0) is 22.5 Å². The van der Waals surface area contributed by atoms with Crippen molar-refractivity contribution in [2.75, 3.05) is 6.61 Å². The highest BCUT2D eigenvalue weighted by Gasteiger charge is 2.13. The largest absolute Gasteiger partial charge is 0.353 e. The summed E-state index contributed by atoms with van der Waals surface area (Å²) in [5.41, 5.74) is 2.66. The van der Waals surface area contributed by atoms with Crippen LogP contribution in [0.15, 0.2) is 24.3 Å². The zero-order valence-electron chi connectivity index (χ0n) is 10.7. The smallest absolute Gasteiger partial charge is 0.158 e. The molecule has 1 unspecified atom stereocenters. The van der Waals surface area contributed by atoms with Crippen LogP contribution in [0.5, 0.6) is 0 Å². The summed E-state index contributed by atoms with van der Waals surface area (Å²) in [5.74, 6) is 0. The van der Waals surface area contributed by atoms with Crippen LogP contribution in [0.4, 0.5) is 0 Å². The van der Waals surface area contributed by atoms with E-state index in [1.54, 1.807) is 0 Å². The summed E-state index contributed by atoms with van der Waals surface area (Å²) in [6.45, 7) is 3.72. The topological polar surface area (TPSA) is 18.5 Å². The first kappa shape index (κ1) is 12.6. The molecule has 1 aromatic rings. The van der Waals surface area contributed by atoms with Crippen LogP contribution in [0, 0.1) is 0 Å². The van der Waals surface area contributed by atoms with Crippen LogP contribution in [0.25, 0.3) is 0 Å². The fourth-order valence-electron chi connectivity index (χ4n) is 2.20. The van der Waals surface area contributed by atoms with Crippen molar-refractivity contribution in [3.8, 4) is 0 Å². The summed E-state index contributed by atoms with van der Waals surface area (Å²) in [7, 11) is 0. The molecule has 17 heavy (non-hydrogen) atoms. The maximum Gasteiger partial charge on any atom is 0.158 e. The average molecular weight is 234 g/mol. The molecule has 0 N–H and O–H groups in total. The van der Waals surface area contributed by atoms with Crippen LogP contribution >= 0.6 is 0 Å². The van der Waals surface area contributed by atoms with Gasteiger partial charge in [0.25, 0.3) is 0 Å². The van der Waals surface area contributed by atoms with E-state index in [4.69, 9.17) is 9.47 Å². The fraction of sp³-hybridized carbons (Fsp3) is 0.600. The summed E-state index contributed by atoms with van der Waals surface area (Å²) >= 11 is 0. The molecule has 0 bridgehead atoms. The maximum atomic E-state index is 5.78. The van der Waals surface area contributed by atoms with Gasteiger partial charge in [0, 0.05) is 6.61 Å². The number of hydrogen-bond donors (Lipinski definition) is 0. The van der Waals surface area contributed by atoms with E-state index < -0.39 is 0 Å². The standard InChI is InChI=1S/C15H22O2/c1-2-6-13-7-5-8-14(11-13)12-17-15-9-3-4-10-16-15/h5,7-8,11,15H,2-4,6,9-10,12H2,1H3. The van der Waals surface area contributed by atoms with Crippen LogP contribution < -0.4 is 0 Å². The predicted octanol–water partition coefficient (Wildman–Crippen LogP) is 3.68. The van der Waals surface area contributed by atoms with Crippen LogP contribution in [-0.4, -0.2) is 12.9 Å². The van der Waals surface area contributed by atoms with Crippen molar-refractivity contribution in [2.24, 2.45) is 0 Å². The van der Waals surface area contributed by atoms with E-state index in [9.17, 15) is 0 Å². The molecule has 2 heteroatoms. The minimum absolute atomic E-state index is 0.0126. The Bertz CT molecular complexity index is 329. The van der Waals surface area contributed by atoms with Gasteiger partial charge >= 0.3 is 0 Å². The minimum atomic E-state index is 0.0126. The molecule has 1 aliphatic rings. The highest BCUT2D eigenvalue weighted by molar-refractivity contribution is 5.23. The molecule has 2 rings (SSSR count). The van der Waals surface area contributed by atoms with Crippen molar-refractivity contribution in [3.63, 3.8) is 0 Å². The Hall–Kier alpha value is -0.860. The van der Waals surface area contributed by atoms with Crippen LogP contribution in [0.3, 0.4) is 0 Å². The molecular weight excluding hydrogens is 212 g/mol. The van der Waals surface area contributed by atoms with Gasteiger partial charge in [0.05, 0.1) is 6.61 Å². The molecule has 0 spiro atoms. The minimum Gasteiger partial charge on any atom is -0.353 e. The van der Waals surface area contributed by atoms with E-state index in [1.165, 1.54) is 30.4 Å². The fourth-order valence-corrected chi connectivity index (χ4v) is 2.20. The Morgan fingerprint density at radius 2 is 2.18 bits per heavy atom. The van der Waals surface area contributed by atoms with Gasteiger partial charge < -0.3 is 9.47 Å². The summed E-state index contributed by atoms with van der Waals surface area (Å²) < 4.78 is 11.3. The average Bonchev–Trinajstić information content (AvgIpc) is 2.39. The third-order valence-corrected chi connectivity index (χ3v) is 3.10. The molecule has 1 fully saturated rings. The van der Waals surface area contributed by atoms with Crippen molar-refractivity contribution < 1.29 is 9.47 Å². The SMILES string of the molecule is CCCc1cccc(COC2CCCCO2)c1. The number of rotatable bonds is 5. The molecule has 1 aliphatic heterocycles. The zero-order valence-corrected chi connectivity index (χ0v) is 10.7. The quantitative estimate of drug-likeness (QED) is 0.773. The first-order valence-electron chi connectivity index (χ1n) is 6.69. The van der Waals surface area contributed by atoms with Gasteiger partial charge in [0.2, 0.25) is 0 Å². The van der Waals surface area contributed by atoms with Crippen LogP contribution in [0.1, 0.15) is 43.7 Å². The van der Waals surface area contributed by atoms with Crippen molar-refractivity contribution in [2.45, 2.75) is 51.9 Å². The molecule has 1 heterocycles. The van der Waals surface area contributed by atoms with Gasteiger partial charge in [-0.1, -0.05) is 37.6 Å². The summed E-state index contributed by atoms with van der Waals surface area (Å²) in [6.07, 6.45) is 5.78. The Kier molecular flexibility index (Phi) is 5.02. The molecule has 0 saturated carbocycles. The van der Waals surface area contributed by atoms with Crippen molar-refractivity contribution >= 4 is 0 Å². The Morgan fingerprint density at radius 1 is 1.29 bits per heavy atom. The van der Waals surface area contributed by atoms with Gasteiger partial charge in [-0.15, -0.1) is 0 Å². The van der Waals surface area contributed by atoms with Crippen molar-refractivity contribution in [1.82, 2.24) is 0 Å². The number of hydrogen-bond acceptors (Lipinski definition) is 2. The normalized spacial score (nSPS) is 20.4. The second-order valence-corrected chi connectivity index (χ2v) is 4.68. The molecular formula is C15H22O2. The zero-order chi connectivity index (χ0) is 11.9. The summed E-state index contributed by atoms with van der Waals surface area (Å²) in [4.78, 5) is 0. The van der Waals surface area contributed by atoms with Crippen molar-refractivity contribution in [3.05, 3.63) is 35.4 Å². The monoisotopic (exact) mass is 234 g/mol. The van der Waals surface area contributed by atoms with Crippen LogP contribution in [0.2, 0.25) is 0 Å². The Labute approximate surface area is 104 Å². The second kappa shape index (κ2) is 6.77. The highest BCUT2D eigenvalue weighted by Crippen LogP contribution is 2.16. The third-order valence-electron chi connectivity index (χ3n) is 3.10. The highest BCUT2D eigenvalue weighted by atomic mass is 16.7. The number of benzene rings is 1. The van der Waals surface area contributed by atoms with Gasteiger partial charge in [-0.2, -0.15) is 0 Å². The first-order chi connectivity index (χ1) is 8.38. The molecule has 1 atom stereocenters. The van der Waals surface area contributed by atoms with Crippen molar-refractivity contribution in [1.29, 1.82) is 0 Å². The molecule has 2 nitrogen and oxygen atoms in total. The van der Waals surface area contributed by atoms with Gasteiger partial charge in [-0.05, 0) is 36.8 Å². The molecule has 1 aromatic carbocycles. The van der Waals surface area contributed by atoms with Gasteiger partial charge in [-0.25, -0.2) is 0 Å². The third kappa shape index (κ3) is 4.14.